The van der Waals surface area contributed by atoms with Crippen molar-refractivity contribution in [3.8, 4) is 0 Å². The molecule has 27 heavy (non-hydrogen) atoms. The van der Waals surface area contributed by atoms with Crippen LogP contribution in [-0.2, 0) is 9.59 Å². The molecule has 0 aromatic carbocycles. The molecule has 4 aliphatic rings. The van der Waals surface area contributed by atoms with Gasteiger partial charge in [0.05, 0.1) is 0 Å². The number of hydrogen-bond donors (Lipinski definition) is 2. The molecule has 1 amide bonds. The van der Waals surface area contributed by atoms with Crippen LogP contribution in [0.4, 0.5) is 0 Å². The predicted octanol–water partition coefficient (Wildman–Crippen LogP) is 3.82. The fourth-order valence-electron chi connectivity index (χ4n) is 7.92. The summed E-state index contributed by atoms with van der Waals surface area (Å²) in [6.07, 6.45) is 12.1. The van der Waals surface area contributed by atoms with Gasteiger partial charge in [0.1, 0.15) is 5.78 Å². The summed E-state index contributed by atoms with van der Waals surface area (Å²) in [5.41, 5.74) is 6.09. The Balaban J connectivity index is 1.44. The molecule has 4 aliphatic carbocycles. The van der Waals surface area contributed by atoms with Gasteiger partial charge in [-0.2, -0.15) is 0 Å². The van der Waals surface area contributed by atoms with Crippen molar-refractivity contribution in [3.05, 3.63) is 0 Å². The lowest BCUT2D eigenvalue weighted by molar-refractivity contribution is -0.138. The van der Waals surface area contributed by atoms with Crippen molar-refractivity contribution >= 4 is 11.7 Å². The highest BCUT2D eigenvalue weighted by atomic mass is 16.1. The van der Waals surface area contributed by atoms with Crippen molar-refractivity contribution in [3.63, 3.8) is 0 Å². The van der Waals surface area contributed by atoms with Gasteiger partial charge in [-0.25, -0.2) is 0 Å². The molecule has 0 saturated heterocycles. The predicted molar refractivity (Wildman–Crippen MR) is 107 cm³/mol. The quantitative estimate of drug-likeness (QED) is 0.719. The van der Waals surface area contributed by atoms with Gasteiger partial charge >= 0.3 is 0 Å². The van der Waals surface area contributed by atoms with Crippen LogP contribution in [-0.4, -0.2) is 24.3 Å². The fourth-order valence-corrected chi connectivity index (χ4v) is 7.92. The number of nitrogens with one attached hydrogen (secondary N) is 1. The van der Waals surface area contributed by atoms with E-state index in [0.717, 1.165) is 50.0 Å². The van der Waals surface area contributed by atoms with Crippen molar-refractivity contribution in [1.29, 1.82) is 0 Å². The van der Waals surface area contributed by atoms with E-state index in [1.807, 2.05) is 0 Å². The summed E-state index contributed by atoms with van der Waals surface area (Å²) < 4.78 is 0. The Morgan fingerprint density at radius 2 is 1.85 bits per heavy atom. The minimum atomic E-state index is -0.191. The standard InChI is InChI=1S/C23H38N2O2/c1-22-11-9-16(26)14-15(22)5-6-17-18-7-8-20(25-13-3-4-21(24)27)23(18,2)12-10-19(17)22/h15,17-20,25H,3-14H2,1-2H3,(H2,24,27)/t15-,17-,18-,19-,20-,22-,23-/m0/s1. The van der Waals surface area contributed by atoms with Gasteiger partial charge < -0.3 is 11.1 Å². The molecule has 0 aliphatic heterocycles. The number of fused-ring (bicyclic) bond motifs is 5. The summed E-state index contributed by atoms with van der Waals surface area (Å²) in [5, 5.41) is 3.79. The lowest BCUT2D eigenvalue weighted by Crippen LogP contribution is -2.55. The van der Waals surface area contributed by atoms with Gasteiger partial charge in [-0.1, -0.05) is 13.8 Å². The maximum Gasteiger partial charge on any atom is 0.217 e. The lowest BCUT2D eigenvalue weighted by Gasteiger charge is -2.60. The molecule has 0 unspecified atom stereocenters. The van der Waals surface area contributed by atoms with E-state index in [2.05, 4.69) is 19.2 Å². The molecule has 4 rings (SSSR count). The summed E-state index contributed by atoms with van der Waals surface area (Å²) in [6, 6.07) is 0.592. The Morgan fingerprint density at radius 3 is 2.63 bits per heavy atom. The number of ketones is 1. The van der Waals surface area contributed by atoms with E-state index in [4.69, 9.17) is 5.73 Å². The first-order chi connectivity index (χ1) is 12.8. The number of amides is 1. The smallest absolute Gasteiger partial charge is 0.217 e. The first-order valence-corrected chi connectivity index (χ1v) is 11.4. The van der Waals surface area contributed by atoms with E-state index >= 15 is 0 Å². The first kappa shape index (κ1) is 19.4. The van der Waals surface area contributed by atoms with E-state index in [-0.39, 0.29) is 5.91 Å². The summed E-state index contributed by atoms with van der Waals surface area (Å²) in [5.74, 6) is 3.49. The van der Waals surface area contributed by atoms with Crippen LogP contribution in [0.1, 0.15) is 84.5 Å². The molecule has 4 saturated carbocycles. The third-order valence-electron chi connectivity index (χ3n) is 9.47. The molecule has 0 heterocycles. The van der Waals surface area contributed by atoms with Gasteiger partial charge in [-0.15, -0.1) is 0 Å². The molecule has 7 atom stereocenters. The maximum absolute atomic E-state index is 12.0. The molecular formula is C23H38N2O2. The van der Waals surface area contributed by atoms with Crippen molar-refractivity contribution in [2.24, 2.45) is 40.2 Å². The van der Waals surface area contributed by atoms with Crippen LogP contribution in [0, 0.1) is 34.5 Å². The van der Waals surface area contributed by atoms with Gasteiger partial charge in [-0.05, 0) is 92.4 Å². The van der Waals surface area contributed by atoms with Crippen LogP contribution < -0.4 is 11.1 Å². The Hall–Kier alpha value is -0.900. The van der Waals surface area contributed by atoms with Crippen molar-refractivity contribution in [2.75, 3.05) is 6.54 Å². The SMILES string of the molecule is C[C@]12CCC(=O)C[C@@H]1CC[C@@H]1[C@@H]2CC[C@]2(C)[C@@H](NCCCC(N)=O)CC[C@@H]12. The highest BCUT2D eigenvalue weighted by Gasteiger charge is 2.60. The van der Waals surface area contributed by atoms with Crippen LogP contribution in [0.2, 0.25) is 0 Å². The minimum absolute atomic E-state index is 0.191. The normalized spacial score (nSPS) is 46.4. The second-order valence-corrected chi connectivity index (χ2v) is 10.6. The van der Waals surface area contributed by atoms with Gasteiger partial charge in [0.2, 0.25) is 5.91 Å². The van der Waals surface area contributed by atoms with Crippen LogP contribution in [0.5, 0.6) is 0 Å². The van der Waals surface area contributed by atoms with Crippen LogP contribution in [0.15, 0.2) is 0 Å². The zero-order valence-corrected chi connectivity index (χ0v) is 17.3. The number of rotatable bonds is 5. The van der Waals surface area contributed by atoms with E-state index in [9.17, 15) is 9.59 Å². The number of primary amides is 1. The number of Topliss-reactive ketones (excluding diaryl/α,β-unsaturated/α-hetero) is 1. The molecule has 4 fully saturated rings. The molecule has 0 spiro atoms. The van der Waals surface area contributed by atoms with Crippen molar-refractivity contribution in [2.45, 2.75) is 90.5 Å². The first-order valence-electron chi connectivity index (χ1n) is 11.4. The van der Waals surface area contributed by atoms with Crippen molar-refractivity contribution in [1.82, 2.24) is 5.32 Å². The number of carbonyl (C=O) groups excluding carboxylic acids is 2. The third-order valence-corrected chi connectivity index (χ3v) is 9.47. The number of hydrogen-bond acceptors (Lipinski definition) is 3. The largest absolute Gasteiger partial charge is 0.370 e. The summed E-state index contributed by atoms with van der Waals surface area (Å²) in [4.78, 5) is 23.0. The van der Waals surface area contributed by atoms with Crippen LogP contribution in [0.3, 0.4) is 0 Å². The average Bonchev–Trinajstić information content (AvgIpc) is 2.96. The number of carbonyl (C=O) groups is 2. The van der Waals surface area contributed by atoms with Gasteiger partial charge in [0.15, 0.2) is 0 Å². The summed E-state index contributed by atoms with van der Waals surface area (Å²) in [7, 11) is 0. The molecule has 4 heteroatoms. The molecule has 152 valence electrons. The zero-order chi connectivity index (χ0) is 19.2. The second-order valence-electron chi connectivity index (χ2n) is 10.6. The van der Waals surface area contributed by atoms with Crippen LogP contribution in [0.25, 0.3) is 0 Å². The van der Waals surface area contributed by atoms with Gasteiger partial charge in [0.25, 0.3) is 0 Å². The Bertz CT molecular complexity index is 605. The van der Waals surface area contributed by atoms with Crippen molar-refractivity contribution < 1.29 is 9.59 Å². The topological polar surface area (TPSA) is 72.2 Å². The minimum Gasteiger partial charge on any atom is -0.370 e. The molecule has 3 N–H and O–H groups in total. The van der Waals surface area contributed by atoms with E-state index < -0.39 is 0 Å². The Kier molecular flexibility index (Phi) is 5.15. The number of nitrogens with two attached hydrogens (primary N) is 1. The molecule has 0 radical (unpaired) electrons. The van der Waals surface area contributed by atoms with E-state index in [1.54, 1.807) is 0 Å². The highest BCUT2D eigenvalue weighted by Crippen LogP contribution is 2.65. The summed E-state index contributed by atoms with van der Waals surface area (Å²) in [6.45, 7) is 5.97. The fraction of sp³-hybridized carbons (Fsp3) is 0.913. The Morgan fingerprint density at radius 1 is 1.07 bits per heavy atom. The lowest BCUT2D eigenvalue weighted by atomic mass is 9.45. The second kappa shape index (κ2) is 7.17. The third kappa shape index (κ3) is 3.26. The van der Waals surface area contributed by atoms with E-state index in [1.165, 1.54) is 38.5 Å². The van der Waals surface area contributed by atoms with E-state index in [0.29, 0.717) is 35.0 Å². The monoisotopic (exact) mass is 374 g/mol. The molecule has 0 aromatic heterocycles. The summed E-state index contributed by atoms with van der Waals surface area (Å²) >= 11 is 0. The van der Waals surface area contributed by atoms with Crippen LogP contribution >= 0.6 is 0 Å². The highest BCUT2D eigenvalue weighted by molar-refractivity contribution is 5.79. The zero-order valence-electron chi connectivity index (χ0n) is 17.3. The average molecular weight is 375 g/mol. The van der Waals surface area contributed by atoms with Gasteiger partial charge in [0, 0.05) is 25.3 Å². The molecule has 0 bridgehead atoms. The Labute approximate surface area is 164 Å². The molecular weight excluding hydrogens is 336 g/mol. The molecule has 0 aromatic rings. The molecule has 4 nitrogen and oxygen atoms in total. The van der Waals surface area contributed by atoms with Gasteiger partial charge in [-0.3, -0.25) is 9.59 Å². The maximum atomic E-state index is 12.0.